The largest absolute Gasteiger partial charge is 0.491 e. The molecule has 3 heterocycles. The molecule has 6 rings (SSSR count). The zero-order chi connectivity index (χ0) is 22.9. The zero-order valence-electron chi connectivity index (χ0n) is 19.0. The number of ketones is 1. The maximum Gasteiger partial charge on any atom is 0.184 e. The van der Waals surface area contributed by atoms with Gasteiger partial charge in [-0.05, 0) is 29.7 Å². The molecule has 0 spiro atoms. The van der Waals surface area contributed by atoms with Crippen LogP contribution >= 0.6 is 0 Å². The molecule has 1 aliphatic carbocycles. The second-order valence-electron chi connectivity index (χ2n) is 9.21. The van der Waals surface area contributed by atoms with Crippen LogP contribution in [0.4, 0.5) is 0 Å². The van der Waals surface area contributed by atoms with Crippen LogP contribution in [-0.2, 0) is 19.0 Å². The highest BCUT2D eigenvalue weighted by atomic mass is 16.6. The molecule has 6 nitrogen and oxygen atoms in total. The van der Waals surface area contributed by atoms with Crippen LogP contribution in [0.1, 0.15) is 42.5 Å². The summed E-state index contributed by atoms with van der Waals surface area (Å²) >= 11 is 0. The van der Waals surface area contributed by atoms with Crippen LogP contribution in [0.2, 0.25) is 0 Å². The standard InChI is InChI=1S/C28H28N2O4/c31-25-16-26(20-9-5-2-6-10-20)34-27-15-24(19-7-3-1-4-8-19)30(29-28(25)27)21-11-13-22(14-12-21)32-17-23-18-33-23/h1-11,13-14,21,23-24,26-27H,12,15-18H2. The Hall–Kier alpha value is -3.22. The van der Waals surface area contributed by atoms with E-state index in [1.807, 2.05) is 42.5 Å². The van der Waals surface area contributed by atoms with Gasteiger partial charge in [-0.2, -0.15) is 5.10 Å². The number of epoxide rings is 1. The Labute approximate surface area is 199 Å². The van der Waals surface area contributed by atoms with Gasteiger partial charge in [0.2, 0.25) is 0 Å². The third-order valence-corrected chi connectivity index (χ3v) is 6.85. The van der Waals surface area contributed by atoms with Gasteiger partial charge in [-0.3, -0.25) is 9.80 Å². The summed E-state index contributed by atoms with van der Waals surface area (Å²) in [7, 11) is 0. The highest BCUT2D eigenvalue weighted by molar-refractivity contribution is 6.42. The Morgan fingerprint density at radius 3 is 2.41 bits per heavy atom. The monoisotopic (exact) mass is 456 g/mol. The van der Waals surface area contributed by atoms with Gasteiger partial charge in [0.15, 0.2) is 5.78 Å². The minimum Gasteiger partial charge on any atom is -0.491 e. The Kier molecular flexibility index (Phi) is 5.77. The van der Waals surface area contributed by atoms with E-state index in [4.69, 9.17) is 19.3 Å². The van der Waals surface area contributed by atoms with Crippen molar-refractivity contribution in [1.82, 2.24) is 5.01 Å². The molecular formula is C28H28N2O4. The lowest BCUT2D eigenvalue weighted by atomic mass is 9.88. The average Bonchev–Trinajstić information content (AvgIpc) is 3.73. The molecule has 5 atom stereocenters. The van der Waals surface area contributed by atoms with E-state index in [0.29, 0.717) is 25.2 Å². The van der Waals surface area contributed by atoms with Crippen LogP contribution in [0.5, 0.6) is 0 Å². The topological polar surface area (TPSA) is 63.7 Å². The van der Waals surface area contributed by atoms with Crippen LogP contribution in [0.25, 0.3) is 0 Å². The molecule has 0 radical (unpaired) electrons. The van der Waals surface area contributed by atoms with E-state index in [2.05, 4.69) is 41.4 Å². The molecular weight excluding hydrogens is 428 g/mol. The van der Waals surface area contributed by atoms with Crippen molar-refractivity contribution in [1.29, 1.82) is 0 Å². The normalized spacial score (nSPS) is 30.3. The lowest BCUT2D eigenvalue weighted by Crippen LogP contribution is -2.49. The number of ether oxygens (including phenoxy) is 3. The molecule has 0 aromatic heterocycles. The van der Waals surface area contributed by atoms with Crippen LogP contribution in [0.3, 0.4) is 0 Å². The van der Waals surface area contributed by atoms with Gasteiger partial charge in [0.05, 0.1) is 24.8 Å². The number of carbonyl (C=O) groups is 1. The number of fused-ring (bicyclic) bond motifs is 1. The molecule has 2 saturated heterocycles. The van der Waals surface area contributed by atoms with Gasteiger partial charge in [-0.1, -0.05) is 66.7 Å². The maximum atomic E-state index is 13.2. The molecule has 4 aliphatic rings. The van der Waals surface area contributed by atoms with Gasteiger partial charge in [-0.15, -0.1) is 0 Å². The Morgan fingerprint density at radius 1 is 1.00 bits per heavy atom. The fourth-order valence-electron chi connectivity index (χ4n) is 4.94. The molecule has 0 saturated carbocycles. The summed E-state index contributed by atoms with van der Waals surface area (Å²) < 4.78 is 17.5. The first-order chi connectivity index (χ1) is 16.7. The molecule has 5 unspecified atom stereocenters. The van der Waals surface area contributed by atoms with Crippen LogP contribution in [0, 0.1) is 0 Å². The number of rotatable bonds is 6. The minimum absolute atomic E-state index is 0.0163. The van der Waals surface area contributed by atoms with E-state index in [9.17, 15) is 4.79 Å². The summed E-state index contributed by atoms with van der Waals surface area (Å²) in [5, 5.41) is 7.03. The summed E-state index contributed by atoms with van der Waals surface area (Å²) in [6, 6.07) is 20.4. The van der Waals surface area contributed by atoms with E-state index in [1.54, 1.807) is 0 Å². The van der Waals surface area contributed by atoms with Gasteiger partial charge < -0.3 is 14.2 Å². The van der Waals surface area contributed by atoms with Crippen molar-refractivity contribution in [3.63, 3.8) is 0 Å². The smallest absolute Gasteiger partial charge is 0.184 e. The van der Waals surface area contributed by atoms with Gasteiger partial charge >= 0.3 is 0 Å². The fourth-order valence-corrected chi connectivity index (χ4v) is 4.94. The lowest BCUT2D eigenvalue weighted by molar-refractivity contribution is -0.122. The number of allylic oxidation sites excluding steroid dienone is 1. The van der Waals surface area contributed by atoms with E-state index in [0.717, 1.165) is 24.4 Å². The molecule has 3 aliphatic heterocycles. The molecule has 6 heteroatoms. The van der Waals surface area contributed by atoms with Crippen molar-refractivity contribution in [2.75, 3.05) is 13.2 Å². The van der Waals surface area contributed by atoms with E-state index < -0.39 is 0 Å². The molecule has 0 N–H and O–H groups in total. The third kappa shape index (κ3) is 4.43. The van der Waals surface area contributed by atoms with Crippen molar-refractivity contribution >= 4 is 11.5 Å². The number of benzene rings is 2. The summed E-state index contributed by atoms with van der Waals surface area (Å²) in [4.78, 5) is 13.2. The number of hydrazone groups is 1. The zero-order valence-corrected chi connectivity index (χ0v) is 19.0. The molecule has 0 bridgehead atoms. The number of Topliss-reactive ketones (excluding diaryl/α,β-unsaturated/α-hetero) is 1. The van der Waals surface area contributed by atoms with Crippen LogP contribution < -0.4 is 0 Å². The Bertz CT molecular complexity index is 1120. The van der Waals surface area contributed by atoms with Crippen LogP contribution in [-0.4, -0.2) is 48.0 Å². The second kappa shape index (κ2) is 9.20. The first-order valence-corrected chi connectivity index (χ1v) is 12.0. The van der Waals surface area contributed by atoms with E-state index in [1.165, 1.54) is 5.56 Å². The summed E-state index contributed by atoms with van der Waals surface area (Å²) in [6.45, 7) is 1.38. The molecule has 174 valence electrons. The molecule has 2 aromatic carbocycles. The van der Waals surface area contributed by atoms with Crippen LogP contribution in [0.15, 0.2) is 89.8 Å². The molecule has 2 aromatic rings. The van der Waals surface area contributed by atoms with Crippen molar-refractivity contribution in [2.24, 2.45) is 5.10 Å². The third-order valence-electron chi connectivity index (χ3n) is 6.85. The second-order valence-corrected chi connectivity index (χ2v) is 9.21. The van der Waals surface area contributed by atoms with Crippen molar-refractivity contribution < 1.29 is 19.0 Å². The predicted molar refractivity (Wildman–Crippen MR) is 128 cm³/mol. The summed E-state index contributed by atoms with van der Waals surface area (Å²) in [5.74, 6) is 0.943. The number of hydrogen-bond acceptors (Lipinski definition) is 6. The van der Waals surface area contributed by atoms with Crippen molar-refractivity contribution in [3.05, 3.63) is 95.8 Å². The van der Waals surface area contributed by atoms with E-state index in [-0.39, 0.29) is 36.2 Å². The maximum absolute atomic E-state index is 13.2. The fraction of sp³-hybridized carbons (Fsp3) is 0.357. The number of nitrogens with zero attached hydrogens (tertiary/aromatic N) is 2. The predicted octanol–water partition coefficient (Wildman–Crippen LogP) is 4.52. The van der Waals surface area contributed by atoms with Gasteiger partial charge in [0, 0.05) is 12.8 Å². The molecule has 0 amide bonds. The van der Waals surface area contributed by atoms with Gasteiger partial charge in [0.1, 0.15) is 30.3 Å². The quantitative estimate of drug-likeness (QED) is 0.598. The van der Waals surface area contributed by atoms with Gasteiger partial charge in [0.25, 0.3) is 0 Å². The number of carbonyl (C=O) groups excluding carboxylic acids is 1. The Morgan fingerprint density at radius 2 is 1.74 bits per heavy atom. The minimum atomic E-state index is -0.312. The lowest BCUT2D eigenvalue weighted by Gasteiger charge is -2.43. The molecule has 2 fully saturated rings. The summed E-state index contributed by atoms with van der Waals surface area (Å²) in [6.07, 6.45) is 7.72. The average molecular weight is 457 g/mol. The summed E-state index contributed by atoms with van der Waals surface area (Å²) in [5.41, 5.74) is 2.76. The highest BCUT2D eigenvalue weighted by Crippen LogP contribution is 2.40. The number of hydrogen-bond donors (Lipinski definition) is 0. The van der Waals surface area contributed by atoms with Crippen molar-refractivity contribution in [2.45, 2.75) is 49.7 Å². The first-order valence-electron chi connectivity index (χ1n) is 12.0. The Balaban J connectivity index is 1.26. The molecule has 34 heavy (non-hydrogen) atoms. The SMILES string of the molecule is O=C1CC(c2ccccc2)OC2CC(c3ccccc3)N(C3C=CC(OCC4CO4)=CC3)N=C12. The van der Waals surface area contributed by atoms with E-state index >= 15 is 0 Å². The van der Waals surface area contributed by atoms with Crippen molar-refractivity contribution in [3.8, 4) is 0 Å². The first kappa shape index (κ1) is 21.3. The highest BCUT2D eigenvalue weighted by Gasteiger charge is 2.42. The van der Waals surface area contributed by atoms with Gasteiger partial charge in [-0.25, -0.2) is 0 Å².